The Morgan fingerprint density at radius 3 is 2.78 bits per heavy atom. The lowest BCUT2D eigenvalue weighted by Gasteiger charge is -2.13. The number of carbonyl (C=O) groups is 1. The molecule has 0 saturated heterocycles. The average molecular weight is 253 g/mol. The van der Waals surface area contributed by atoms with Crippen molar-refractivity contribution < 1.29 is 24.1 Å². The van der Waals surface area contributed by atoms with E-state index in [2.05, 4.69) is 4.74 Å². The summed E-state index contributed by atoms with van der Waals surface area (Å²) in [6, 6.07) is 4.65. The monoisotopic (exact) mass is 253 g/mol. The van der Waals surface area contributed by atoms with Crippen LogP contribution in [0.5, 0.6) is 0 Å². The Morgan fingerprint density at radius 1 is 1.56 bits per heavy atom. The topological polar surface area (TPSA) is 90.6 Å². The molecule has 0 aliphatic rings. The van der Waals surface area contributed by atoms with Gasteiger partial charge in [-0.25, -0.2) is 9.18 Å². The standard InChI is InChI=1S/C12H12FNO4/c1-2-18-12(17)8-5-7(3-4-9(8)13)11(16)10(15)6-14/h3-5,10-11,15-16H,2H2,1H3. The van der Waals surface area contributed by atoms with Crippen LogP contribution in [0.2, 0.25) is 0 Å². The van der Waals surface area contributed by atoms with Crippen molar-refractivity contribution >= 4 is 5.97 Å². The average Bonchev–Trinajstić information content (AvgIpc) is 2.37. The first-order valence-corrected chi connectivity index (χ1v) is 5.23. The Morgan fingerprint density at radius 2 is 2.22 bits per heavy atom. The predicted octanol–water partition coefficient (Wildman–Crippen LogP) is 0.920. The Labute approximate surface area is 103 Å². The number of hydrogen-bond acceptors (Lipinski definition) is 5. The minimum atomic E-state index is -1.65. The Kier molecular flexibility index (Phi) is 4.77. The van der Waals surface area contributed by atoms with Crippen LogP contribution in [-0.2, 0) is 4.74 Å². The highest BCUT2D eigenvalue weighted by Gasteiger charge is 2.21. The summed E-state index contributed by atoms with van der Waals surface area (Å²) in [7, 11) is 0. The Bertz CT molecular complexity index is 483. The lowest BCUT2D eigenvalue weighted by molar-refractivity contribution is 0.0500. The van der Waals surface area contributed by atoms with Crippen molar-refractivity contribution in [3.63, 3.8) is 0 Å². The molecule has 0 spiro atoms. The number of benzene rings is 1. The van der Waals surface area contributed by atoms with Gasteiger partial charge < -0.3 is 14.9 Å². The summed E-state index contributed by atoms with van der Waals surface area (Å²) in [6.07, 6.45) is -3.16. The van der Waals surface area contributed by atoms with Crippen LogP contribution >= 0.6 is 0 Å². The zero-order valence-corrected chi connectivity index (χ0v) is 9.63. The van der Waals surface area contributed by atoms with E-state index in [1.54, 1.807) is 6.92 Å². The molecule has 0 amide bonds. The van der Waals surface area contributed by atoms with Gasteiger partial charge in [-0.05, 0) is 24.6 Å². The third-order valence-electron chi connectivity index (χ3n) is 2.26. The van der Waals surface area contributed by atoms with E-state index in [4.69, 9.17) is 10.4 Å². The third-order valence-corrected chi connectivity index (χ3v) is 2.26. The van der Waals surface area contributed by atoms with Gasteiger partial charge in [0.15, 0.2) is 6.10 Å². The first kappa shape index (κ1) is 14.1. The lowest BCUT2D eigenvalue weighted by Crippen LogP contribution is -2.17. The highest BCUT2D eigenvalue weighted by Crippen LogP contribution is 2.20. The van der Waals surface area contributed by atoms with Gasteiger partial charge in [0.1, 0.15) is 11.9 Å². The number of carbonyl (C=O) groups excluding carboxylic acids is 1. The van der Waals surface area contributed by atoms with Crippen molar-refractivity contribution in [2.75, 3.05) is 6.61 Å². The molecule has 0 bridgehead atoms. The second-order valence-corrected chi connectivity index (χ2v) is 3.48. The second-order valence-electron chi connectivity index (χ2n) is 3.48. The van der Waals surface area contributed by atoms with Gasteiger partial charge in [-0.15, -0.1) is 0 Å². The molecule has 5 nitrogen and oxygen atoms in total. The normalized spacial score (nSPS) is 13.5. The first-order chi connectivity index (χ1) is 8.51. The summed E-state index contributed by atoms with van der Waals surface area (Å²) in [6.45, 7) is 1.67. The molecule has 2 N–H and O–H groups in total. The van der Waals surface area contributed by atoms with Gasteiger partial charge in [0.2, 0.25) is 0 Å². The number of aliphatic hydroxyl groups is 2. The van der Waals surface area contributed by atoms with Crippen LogP contribution in [0.15, 0.2) is 18.2 Å². The number of aliphatic hydroxyl groups excluding tert-OH is 2. The van der Waals surface area contributed by atoms with Gasteiger partial charge in [0.05, 0.1) is 18.2 Å². The van der Waals surface area contributed by atoms with Gasteiger partial charge in [-0.3, -0.25) is 0 Å². The van der Waals surface area contributed by atoms with Crippen molar-refractivity contribution in [1.82, 2.24) is 0 Å². The van der Waals surface area contributed by atoms with Crippen molar-refractivity contribution in [3.05, 3.63) is 35.1 Å². The predicted molar refractivity (Wildman–Crippen MR) is 58.9 cm³/mol. The summed E-state index contributed by atoms with van der Waals surface area (Å²) < 4.78 is 18.0. The first-order valence-electron chi connectivity index (χ1n) is 5.23. The highest BCUT2D eigenvalue weighted by molar-refractivity contribution is 5.89. The van der Waals surface area contributed by atoms with E-state index in [1.165, 1.54) is 12.1 Å². The van der Waals surface area contributed by atoms with Crippen LogP contribution < -0.4 is 0 Å². The molecule has 1 rings (SSSR count). The van der Waals surface area contributed by atoms with E-state index < -0.39 is 24.0 Å². The van der Waals surface area contributed by atoms with Crippen molar-refractivity contribution in [2.45, 2.75) is 19.1 Å². The van der Waals surface area contributed by atoms with Crippen LogP contribution in [-0.4, -0.2) is 28.9 Å². The molecule has 0 aliphatic carbocycles. The van der Waals surface area contributed by atoms with Gasteiger partial charge in [-0.1, -0.05) is 6.07 Å². The summed E-state index contributed by atoms with van der Waals surface area (Å²) in [4.78, 5) is 11.4. The van der Waals surface area contributed by atoms with Crippen LogP contribution in [0.25, 0.3) is 0 Å². The van der Waals surface area contributed by atoms with Crippen molar-refractivity contribution in [2.24, 2.45) is 0 Å². The fourth-order valence-electron chi connectivity index (χ4n) is 1.35. The molecule has 0 aromatic heterocycles. The number of rotatable bonds is 4. The van der Waals surface area contributed by atoms with E-state index in [0.29, 0.717) is 0 Å². The molecule has 1 aromatic rings. The number of halogens is 1. The number of hydrogen-bond donors (Lipinski definition) is 2. The molecule has 0 fully saturated rings. The largest absolute Gasteiger partial charge is 0.462 e. The number of nitrogens with zero attached hydrogens (tertiary/aromatic N) is 1. The molecule has 2 unspecified atom stereocenters. The summed E-state index contributed by atoms with van der Waals surface area (Å²) >= 11 is 0. The molecular formula is C12H12FNO4. The van der Waals surface area contributed by atoms with E-state index in [9.17, 15) is 14.3 Å². The van der Waals surface area contributed by atoms with E-state index in [0.717, 1.165) is 12.1 Å². The minimum Gasteiger partial charge on any atom is -0.462 e. The van der Waals surface area contributed by atoms with Crippen molar-refractivity contribution in [1.29, 1.82) is 5.26 Å². The molecule has 0 aliphatic heterocycles. The molecule has 0 heterocycles. The number of ether oxygens (including phenoxy) is 1. The van der Waals surface area contributed by atoms with E-state index >= 15 is 0 Å². The van der Waals surface area contributed by atoms with Gasteiger partial charge in [-0.2, -0.15) is 5.26 Å². The van der Waals surface area contributed by atoms with Crippen LogP contribution in [0.3, 0.4) is 0 Å². The molecule has 2 atom stereocenters. The molecule has 0 radical (unpaired) electrons. The Hall–Kier alpha value is -1.97. The van der Waals surface area contributed by atoms with Gasteiger partial charge in [0, 0.05) is 0 Å². The van der Waals surface area contributed by atoms with Crippen LogP contribution in [0.1, 0.15) is 28.9 Å². The van der Waals surface area contributed by atoms with E-state index in [-0.39, 0.29) is 17.7 Å². The zero-order valence-electron chi connectivity index (χ0n) is 9.63. The maximum atomic E-state index is 13.4. The summed E-state index contributed by atoms with van der Waals surface area (Å²) in [5, 5.41) is 27.2. The second kappa shape index (κ2) is 6.10. The third kappa shape index (κ3) is 3.03. The van der Waals surface area contributed by atoms with Gasteiger partial charge >= 0.3 is 5.97 Å². The quantitative estimate of drug-likeness (QED) is 0.615. The summed E-state index contributed by atoms with van der Waals surface area (Å²) in [5.41, 5.74) is -0.285. The molecule has 0 saturated carbocycles. The minimum absolute atomic E-state index is 0.0634. The molecule has 1 aromatic carbocycles. The fraction of sp³-hybridized carbons (Fsp3) is 0.333. The zero-order chi connectivity index (χ0) is 13.7. The highest BCUT2D eigenvalue weighted by atomic mass is 19.1. The fourth-order valence-corrected chi connectivity index (χ4v) is 1.35. The number of esters is 1. The maximum Gasteiger partial charge on any atom is 0.341 e. The lowest BCUT2D eigenvalue weighted by atomic mass is 10.0. The van der Waals surface area contributed by atoms with E-state index in [1.807, 2.05) is 0 Å². The Balaban J connectivity index is 3.08. The molecular weight excluding hydrogens is 241 g/mol. The SMILES string of the molecule is CCOC(=O)c1cc(C(O)C(O)C#N)ccc1F. The van der Waals surface area contributed by atoms with Crippen LogP contribution in [0.4, 0.5) is 4.39 Å². The molecule has 18 heavy (non-hydrogen) atoms. The summed E-state index contributed by atoms with van der Waals surface area (Å²) in [5.74, 6) is -1.66. The van der Waals surface area contributed by atoms with Crippen LogP contribution in [0, 0.1) is 17.1 Å². The number of nitriles is 1. The molecule has 96 valence electrons. The maximum absolute atomic E-state index is 13.4. The van der Waals surface area contributed by atoms with Gasteiger partial charge in [0.25, 0.3) is 0 Å². The molecule has 6 heteroatoms. The smallest absolute Gasteiger partial charge is 0.341 e. The van der Waals surface area contributed by atoms with Crippen molar-refractivity contribution in [3.8, 4) is 6.07 Å².